The van der Waals surface area contributed by atoms with E-state index >= 15 is 0 Å². The second kappa shape index (κ2) is 6.42. The van der Waals surface area contributed by atoms with Crippen molar-refractivity contribution in [1.82, 2.24) is 14.8 Å². The molecule has 2 aromatic carbocycles. The molecule has 0 aliphatic heterocycles. The van der Waals surface area contributed by atoms with Crippen molar-refractivity contribution in [3.63, 3.8) is 0 Å². The molecule has 0 unspecified atom stereocenters. The van der Waals surface area contributed by atoms with Crippen LogP contribution in [0, 0.1) is 12.7 Å². The van der Waals surface area contributed by atoms with E-state index in [0.29, 0.717) is 21.2 Å². The van der Waals surface area contributed by atoms with Gasteiger partial charge in [0, 0.05) is 21.6 Å². The predicted molar refractivity (Wildman–Crippen MR) is 102 cm³/mol. The molecule has 7 heteroatoms. The number of nitrogens with zero attached hydrogens (tertiary/aromatic N) is 2. The van der Waals surface area contributed by atoms with Gasteiger partial charge in [-0.05, 0) is 37.3 Å². The maximum atomic E-state index is 14.0. The van der Waals surface area contributed by atoms with Crippen LogP contribution < -0.4 is 5.32 Å². The molecular weight excluding hydrogens is 399 g/mol. The number of nitrogens with one attached hydrogen (secondary N) is 2. The van der Waals surface area contributed by atoms with Crippen molar-refractivity contribution in [3.05, 3.63) is 76.3 Å². The highest BCUT2D eigenvalue weighted by molar-refractivity contribution is 9.10. The third kappa shape index (κ3) is 3.01. The normalized spacial score (nSPS) is 11.0. The molecule has 4 aromatic rings. The minimum Gasteiger partial charge on any atom is -0.350 e. The average molecular weight is 413 g/mol. The van der Waals surface area contributed by atoms with Crippen molar-refractivity contribution in [2.24, 2.45) is 0 Å². The van der Waals surface area contributed by atoms with E-state index in [2.05, 4.69) is 31.3 Å². The molecule has 4 rings (SSSR count). The number of carbonyl (C=O) groups excluding carboxylic acids is 1. The van der Waals surface area contributed by atoms with Crippen LogP contribution >= 0.6 is 15.9 Å². The lowest BCUT2D eigenvalue weighted by molar-refractivity contribution is 0.102. The van der Waals surface area contributed by atoms with E-state index in [0.717, 1.165) is 11.3 Å². The largest absolute Gasteiger partial charge is 0.350 e. The SMILES string of the molecule is Cc1cn(-c2ccccc2)nc1NC(=O)c1cc2c(F)cc(Br)cc2[nH]1. The molecule has 0 fully saturated rings. The number of hydrogen-bond acceptors (Lipinski definition) is 2. The fraction of sp³-hybridized carbons (Fsp3) is 0.0526. The topological polar surface area (TPSA) is 62.7 Å². The summed E-state index contributed by atoms with van der Waals surface area (Å²) in [6, 6.07) is 14.2. The summed E-state index contributed by atoms with van der Waals surface area (Å²) in [5.74, 6) is -0.313. The number of halogens is 2. The first-order chi connectivity index (χ1) is 12.5. The van der Waals surface area contributed by atoms with Gasteiger partial charge in [-0.2, -0.15) is 0 Å². The Bertz CT molecular complexity index is 1120. The summed E-state index contributed by atoms with van der Waals surface area (Å²) in [6.07, 6.45) is 1.84. The summed E-state index contributed by atoms with van der Waals surface area (Å²) in [6.45, 7) is 1.87. The van der Waals surface area contributed by atoms with Crippen LogP contribution in [0.15, 0.2) is 59.2 Å². The first kappa shape index (κ1) is 16.5. The molecule has 0 radical (unpaired) electrons. The molecule has 0 bridgehead atoms. The first-order valence-corrected chi connectivity index (χ1v) is 8.71. The monoisotopic (exact) mass is 412 g/mol. The van der Waals surface area contributed by atoms with E-state index in [-0.39, 0.29) is 11.6 Å². The molecule has 0 aliphatic carbocycles. The van der Waals surface area contributed by atoms with Gasteiger partial charge >= 0.3 is 0 Å². The zero-order valence-electron chi connectivity index (χ0n) is 13.8. The maximum absolute atomic E-state index is 14.0. The van der Waals surface area contributed by atoms with Gasteiger partial charge in [-0.1, -0.05) is 34.1 Å². The van der Waals surface area contributed by atoms with Crippen LogP contribution in [0.4, 0.5) is 10.2 Å². The number of aryl methyl sites for hydroxylation is 1. The number of rotatable bonds is 3. The summed E-state index contributed by atoms with van der Waals surface area (Å²) in [5.41, 5.74) is 2.54. The first-order valence-electron chi connectivity index (χ1n) is 7.92. The van der Waals surface area contributed by atoms with Crippen molar-refractivity contribution in [1.29, 1.82) is 0 Å². The van der Waals surface area contributed by atoms with Gasteiger partial charge in [0.15, 0.2) is 5.82 Å². The van der Waals surface area contributed by atoms with Crippen molar-refractivity contribution in [2.75, 3.05) is 5.32 Å². The van der Waals surface area contributed by atoms with Gasteiger partial charge in [-0.25, -0.2) is 9.07 Å². The van der Waals surface area contributed by atoms with E-state index in [1.165, 1.54) is 12.1 Å². The second-order valence-electron chi connectivity index (χ2n) is 5.93. The Hall–Kier alpha value is -2.93. The molecule has 130 valence electrons. The number of fused-ring (bicyclic) bond motifs is 1. The zero-order chi connectivity index (χ0) is 18.3. The molecule has 2 N–H and O–H groups in total. The lowest BCUT2D eigenvalue weighted by atomic mass is 10.2. The number of hydrogen-bond donors (Lipinski definition) is 2. The fourth-order valence-corrected chi connectivity index (χ4v) is 3.18. The Labute approximate surface area is 157 Å². The van der Waals surface area contributed by atoms with Gasteiger partial charge in [0.2, 0.25) is 0 Å². The molecule has 5 nitrogen and oxygen atoms in total. The van der Waals surface area contributed by atoms with Gasteiger partial charge < -0.3 is 10.3 Å². The van der Waals surface area contributed by atoms with Gasteiger partial charge in [-0.3, -0.25) is 4.79 Å². The minimum atomic E-state index is -0.394. The number of para-hydroxylation sites is 1. The van der Waals surface area contributed by atoms with Crippen LogP contribution in [0.2, 0.25) is 0 Å². The van der Waals surface area contributed by atoms with Crippen LogP contribution in [0.3, 0.4) is 0 Å². The van der Waals surface area contributed by atoms with Crippen LogP contribution in [-0.4, -0.2) is 20.7 Å². The molecule has 0 spiro atoms. The number of amides is 1. The summed E-state index contributed by atoms with van der Waals surface area (Å²) < 4.78 is 16.3. The molecule has 1 amide bonds. The number of benzene rings is 2. The van der Waals surface area contributed by atoms with E-state index < -0.39 is 5.82 Å². The summed E-state index contributed by atoms with van der Waals surface area (Å²) in [5, 5.41) is 7.56. The van der Waals surface area contributed by atoms with Crippen LogP contribution in [0.1, 0.15) is 16.1 Å². The van der Waals surface area contributed by atoms with E-state index in [9.17, 15) is 9.18 Å². The maximum Gasteiger partial charge on any atom is 0.273 e. The Morgan fingerprint density at radius 1 is 1.23 bits per heavy atom. The van der Waals surface area contributed by atoms with Crippen molar-refractivity contribution in [2.45, 2.75) is 6.92 Å². The standard InChI is InChI=1S/C19H14BrFN4O/c1-11-10-25(13-5-3-2-4-6-13)24-18(11)23-19(26)17-9-14-15(21)7-12(20)8-16(14)22-17/h2-10,22H,1H3,(H,23,24,26). The number of aromatic amines is 1. The molecule has 0 saturated heterocycles. The molecular formula is C19H14BrFN4O. The molecule has 2 heterocycles. The molecule has 0 atom stereocenters. The number of carbonyl (C=O) groups is 1. The smallest absolute Gasteiger partial charge is 0.273 e. The van der Waals surface area contributed by atoms with Crippen LogP contribution in [0.5, 0.6) is 0 Å². The van der Waals surface area contributed by atoms with E-state index in [1.807, 2.05) is 43.5 Å². The Kier molecular flexibility index (Phi) is 4.08. The van der Waals surface area contributed by atoms with Crippen LogP contribution in [0.25, 0.3) is 16.6 Å². The van der Waals surface area contributed by atoms with Crippen LogP contribution in [-0.2, 0) is 0 Å². The minimum absolute atomic E-state index is 0.269. The van der Waals surface area contributed by atoms with Crippen molar-refractivity contribution < 1.29 is 9.18 Å². The van der Waals surface area contributed by atoms with E-state index in [1.54, 1.807) is 10.7 Å². The fourth-order valence-electron chi connectivity index (χ4n) is 2.75. The number of aromatic nitrogens is 3. The lowest BCUT2D eigenvalue weighted by Gasteiger charge is -2.01. The summed E-state index contributed by atoms with van der Waals surface area (Å²) >= 11 is 3.24. The Morgan fingerprint density at radius 3 is 2.77 bits per heavy atom. The van der Waals surface area contributed by atoms with Crippen molar-refractivity contribution in [3.8, 4) is 5.69 Å². The number of anilines is 1. The highest BCUT2D eigenvalue weighted by atomic mass is 79.9. The van der Waals surface area contributed by atoms with Crippen molar-refractivity contribution >= 4 is 38.6 Å². The third-order valence-corrected chi connectivity index (χ3v) is 4.50. The Morgan fingerprint density at radius 2 is 2.00 bits per heavy atom. The molecule has 0 saturated carbocycles. The second-order valence-corrected chi connectivity index (χ2v) is 6.84. The van der Waals surface area contributed by atoms with Gasteiger partial charge in [0.1, 0.15) is 11.5 Å². The zero-order valence-corrected chi connectivity index (χ0v) is 15.3. The van der Waals surface area contributed by atoms with Gasteiger partial charge in [-0.15, -0.1) is 5.10 Å². The molecule has 2 aromatic heterocycles. The number of H-pyrrole nitrogens is 1. The highest BCUT2D eigenvalue weighted by Gasteiger charge is 2.15. The Balaban J connectivity index is 1.63. The lowest BCUT2D eigenvalue weighted by Crippen LogP contribution is -2.13. The molecule has 0 aliphatic rings. The van der Waals surface area contributed by atoms with Gasteiger partial charge in [0.25, 0.3) is 5.91 Å². The summed E-state index contributed by atoms with van der Waals surface area (Å²) in [7, 11) is 0. The molecule has 26 heavy (non-hydrogen) atoms. The van der Waals surface area contributed by atoms with Gasteiger partial charge in [0.05, 0.1) is 11.2 Å². The highest BCUT2D eigenvalue weighted by Crippen LogP contribution is 2.24. The summed E-state index contributed by atoms with van der Waals surface area (Å²) in [4.78, 5) is 15.5. The van der Waals surface area contributed by atoms with E-state index in [4.69, 9.17) is 0 Å². The third-order valence-electron chi connectivity index (χ3n) is 4.05. The average Bonchev–Trinajstić information content (AvgIpc) is 3.20. The predicted octanol–water partition coefficient (Wildman–Crippen LogP) is 4.82. The quantitative estimate of drug-likeness (QED) is 0.506.